The van der Waals surface area contributed by atoms with Crippen molar-refractivity contribution in [2.24, 2.45) is 0 Å². The van der Waals surface area contributed by atoms with E-state index in [1.807, 2.05) is 0 Å². The molecule has 200 valence electrons. The van der Waals surface area contributed by atoms with E-state index in [0.29, 0.717) is 24.5 Å². The summed E-state index contributed by atoms with van der Waals surface area (Å²) >= 11 is 1.13. The molecule has 4 heterocycles. The number of benzene rings is 1. The molecule has 1 unspecified atom stereocenters. The van der Waals surface area contributed by atoms with Gasteiger partial charge in [-0.05, 0) is 18.6 Å². The number of hydrogen-bond donors (Lipinski definition) is 1. The number of ether oxygens (including phenoxy) is 1. The van der Waals surface area contributed by atoms with Crippen LogP contribution in [-0.4, -0.2) is 75.7 Å². The van der Waals surface area contributed by atoms with Crippen LogP contribution in [0.2, 0.25) is 0 Å². The predicted molar refractivity (Wildman–Crippen MR) is 135 cm³/mol. The number of thiazole rings is 1. The van der Waals surface area contributed by atoms with E-state index in [0.717, 1.165) is 17.4 Å². The van der Waals surface area contributed by atoms with Gasteiger partial charge in [-0.15, -0.1) is 11.3 Å². The zero-order valence-electron chi connectivity index (χ0n) is 20.8. The fourth-order valence-corrected chi connectivity index (χ4v) is 5.71. The lowest BCUT2D eigenvalue weighted by Gasteiger charge is -2.40. The monoisotopic (exact) mass is 544 g/mol. The van der Waals surface area contributed by atoms with Crippen molar-refractivity contribution in [1.82, 2.24) is 19.4 Å². The van der Waals surface area contributed by atoms with E-state index < -0.39 is 34.8 Å². The molecule has 0 aliphatic carbocycles. The molecule has 2 amide bonds. The van der Waals surface area contributed by atoms with Crippen molar-refractivity contribution in [1.29, 1.82) is 0 Å². The number of rotatable bonds is 7. The largest absolute Gasteiger partial charge is 0.503 e. The zero-order valence-corrected chi connectivity index (χ0v) is 21.6. The Hall–Kier alpha value is -3.64. The second kappa shape index (κ2) is 10.3. The molecule has 38 heavy (non-hydrogen) atoms. The van der Waals surface area contributed by atoms with Crippen molar-refractivity contribution in [3.05, 3.63) is 68.6 Å². The SMILES string of the molecule is CCN1CC(CC(=O)N2CC(OC)C2)n2cc(-c3ncc(Cc4ccc(F)cc4F)s3)c(=O)c(O)c2C1=O. The summed E-state index contributed by atoms with van der Waals surface area (Å²) in [4.78, 5) is 47.2. The van der Waals surface area contributed by atoms with Crippen LogP contribution in [0.3, 0.4) is 0 Å². The highest BCUT2D eigenvalue weighted by atomic mass is 32.1. The third-order valence-electron chi connectivity index (χ3n) is 7.01. The number of methoxy groups -OCH3 is 1. The average Bonchev–Trinajstić information content (AvgIpc) is 3.32. The van der Waals surface area contributed by atoms with Gasteiger partial charge in [0.15, 0.2) is 11.4 Å². The first kappa shape index (κ1) is 26.0. The highest BCUT2D eigenvalue weighted by Crippen LogP contribution is 2.33. The first-order valence-corrected chi connectivity index (χ1v) is 13.0. The van der Waals surface area contributed by atoms with Gasteiger partial charge >= 0.3 is 0 Å². The Labute approximate surface area is 220 Å². The molecular formula is C26H26F2N4O5S. The summed E-state index contributed by atoms with van der Waals surface area (Å²) in [5, 5.41) is 11.1. The Morgan fingerprint density at radius 3 is 2.68 bits per heavy atom. The van der Waals surface area contributed by atoms with Gasteiger partial charge in [-0.25, -0.2) is 13.8 Å². The number of nitrogens with zero attached hydrogens (tertiary/aromatic N) is 4. The van der Waals surface area contributed by atoms with Gasteiger partial charge in [-0.1, -0.05) is 6.07 Å². The lowest BCUT2D eigenvalue weighted by atomic mass is 10.0. The molecule has 3 aromatic rings. The van der Waals surface area contributed by atoms with Crippen LogP contribution < -0.4 is 5.43 Å². The molecule has 2 aliphatic rings. The summed E-state index contributed by atoms with van der Waals surface area (Å²) in [7, 11) is 1.59. The van der Waals surface area contributed by atoms with Crippen LogP contribution in [0.25, 0.3) is 10.6 Å². The molecule has 12 heteroatoms. The minimum atomic E-state index is -0.757. The van der Waals surface area contributed by atoms with Gasteiger partial charge in [-0.2, -0.15) is 0 Å². The van der Waals surface area contributed by atoms with E-state index in [1.54, 1.807) is 18.9 Å². The fraction of sp³-hybridized carbons (Fsp3) is 0.385. The minimum Gasteiger partial charge on any atom is -0.503 e. The summed E-state index contributed by atoms with van der Waals surface area (Å²) in [6.07, 6.45) is 3.17. The molecule has 1 atom stereocenters. The van der Waals surface area contributed by atoms with Crippen LogP contribution in [-0.2, 0) is 16.0 Å². The van der Waals surface area contributed by atoms with E-state index in [2.05, 4.69) is 4.98 Å². The molecule has 1 fully saturated rings. The fourth-order valence-electron chi connectivity index (χ4n) is 4.77. The number of hydrogen-bond acceptors (Lipinski definition) is 7. The molecule has 0 radical (unpaired) electrons. The topological polar surface area (TPSA) is 105 Å². The number of likely N-dealkylation sites (tertiary alicyclic amines) is 1. The van der Waals surface area contributed by atoms with Crippen molar-refractivity contribution >= 4 is 23.2 Å². The normalized spacial score (nSPS) is 17.5. The maximum absolute atomic E-state index is 14.1. The summed E-state index contributed by atoms with van der Waals surface area (Å²) in [5.74, 6) is -2.67. The van der Waals surface area contributed by atoms with Gasteiger partial charge in [0.05, 0.1) is 17.7 Å². The van der Waals surface area contributed by atoms with Gasteiger partial charge in [0.2, 0.25) is 11.3 Å². The Morgan fingerprint density at radius 2 is 2.00 bits per heavy atom. The number of amides is 2. The number of likely N-dealkylation sites (N-methyl/N-ethyl adjacent to an activating group) is 1. The molecule has 0 saturated carbocycles. The lowest BCUT2D eigenvalue weighted by molar-refractivity contribution is -0.144. The quantitative estimate of drug-likeness (QED) is 0.491. The van der Waals surface area contributed by atoms with Crippen molar-refractivity contribution in [3.63, 3.8) is 0 Å². The van der Waals surface area contributed by atoms with Gasteiger partial charge in [0, 0.05) is 69.5 Å². The smallest absolute Gasteiger partial charge is 0.274 e. The second-order valence-corrected chi connectivity index (χ2v) is 10.5. The molecule has 0 bridgehead atoms. The van der Waals surface area contributed by atoms with Crippen molar-refractivity contribution in [2.45, 2.75) is 31.9 Å². The molecule has 2 aromatic heterocycles. The molecule has 1 N–H and O–H groups in total. The summed E-state index contributed by atoms with van der Waals surface area (Å²) in [5.41, 5.74) is -0.571. The number of carbonyl (C=O) groups is 2. The average molecular weight is 545 g/mol. The van der Waals surface area contributed by atoms with Crippen LogP contribution in [0, 0.1) is 11.6 Å². The van der Waals surface area contributed by atoms with Crippen LogP contribution >= 0.6 is 11.3 Å². The van der Waals surface area contributed by atoms with E-state index in [4.69, 9.17) is 4.74 Å². The number of halogens is 2. The van der Waals surface area contributed by atoms with Crippen molar-refractivity contribution < 1.29 is 28.2 Å². The first-order chi connectivity index (χ1) is 18.2. The zero-order chi connectivity index (χ0) is 27.1. The van der Waals surface area contributed by atoms with Gasteiger partial charge in [0.25, 0.3) is 5.91 Å². The second-order valence-electron chi connectivity index (χ2n) is 9.38. The third kappa shape index (κ3) is 4.69. The molecular weight excluding hydrogens is 518 g/mol. The Morgan fingerprint density at radius 1 is 1.24 bits per heavy atom. The van der Waals surface area contributed by atoms with Crippen molar-refractivity contribution in [3.8, 4) is 16.3 Å². The predicted octanol–water partition coefficient (Wildman–Crippen LogP) is 2.81. The van der Waals surface area contributed by atoms with Gasteiger partial charge < -0.3 is 24.2 Å². The summed E-state index contributed by atoms with van der Waals surface area (Å²) < 4.78 is 34.1. The molecule has 1 aromatic carbocycles. The van der Waals surface area contributed by atoms with Crippen molar-refractivity contribution in [2.75, 3.05) is 33.3 Å². The molecule has 9 nitrogen and oxygen atoms in total. The third-order valence-corrected chi connectivity index (χ3v) is 8.05. The minimum absolute atomic E-state index is 0.000107. The first-order valence-electron chi connectivity index (χ1n) is 12.2. The molecule has 5 rings (SSSR count). The summed E-state index contributed by atoms with van der Waals surface area (Å²) in [6.45, 7) is 3.36. The summed E-state index contributed by atoms with van der Waals surface area (Å²) in [6, 6.07) is 2.82. The lowest BCUT2D eigenvalue weighted by Crippen LogP contribution is -2.55. The van der Waals surface area contributed by atoms with Gasteiger partial charge in [-0.3, -0.25) is 14.4 Å². The Kier molecular flexibility index (Phi) is 7.01. The Balaban J connectivity index is 1.48. The number of aromatic hydroxyl groups is 1. The standard InChI is InChI=1S/C26H26F2N4O5S/c1-3-30-10-16(8-21(33)31-11-17(12-31)37-2)32-13-19(23(34)24(35)22(32)26(30)36)25-29-9-18(38-25)6-14-4-5-15(27)7-20(14)28/h4-5,7,9,13,16-17,35H,3,6,8,10-12H2,1-2H3. The maximum atomic E-state index is 14.1. The highest BCUT2D eigenvalue weighted by molar-refractivity contribution is 7.15. The number of pyridine rings is 1. The molecule has 0 spiro atoms. The molecule has 1 saturated heterocycles. The number of aromatic nitrogens is 2. The number of fused-ring (bicyclic) bond motifs is 1. The highest BCUT2D eigenvalue weighted by Gasteiger charge is 2.38. The van der Waals surface area contributed by atoms with E-state index in [-0.39, 0.29) is 53.2 Å². The van der Waals surface area contributed by atoms with E-state index in [1.165, 1.54) is 34.0 Å². The van der Waals surface area contributed by atoms with Gasteiger partial charge in [0.1, 0.15) is 16.6 Å². The Bertz CT molecular complexity index is 1470. The van der Waals surface area contributed by atoms with Crippen LogP contribution in [0.15, 0.2) is 35.4 Å². The van der Waals surface area contributed by atoms with Crippen LogP contribution in [0.5, 0.6) is 5.75 Å². The van der Waals surface area contributed by atoms with Crippen LogP contribution in [0.1, 0.15) is 40.3 Å². The number of carbonyl (C=O) groups excluding carboxylic acids is 2. The van der Waals surface area contributed by atoms with E-state index in [9.17, 15) is 28.3 Å². The maximum Gasteiger partial charge on any atom is 0.274 e. The van der Waals surface area contributed by atoms with E-state index >= 15 is 0 Å². The molecule has 2 aliphatic heterocycles. The van der Waals surface area contributed by atoms with Crippen LogP contribution in [0.4, 0.5) is 8.78 Å².